The highest BCUT2D eigenvalue weighted by Crippen LogP contribution is 2.40. The van der Waals surface area contributed by atoms with Crippen molar-refractivity contribution in [1.29, 1.82) is 0 Å². The number of rotatable bonds is 8. The van der Waals surface area contributed by atoms with Gasteiger partial charge in [0.1, 0.15) is 0 Å². The summed E-state index contributed by atoms with van der Waals surface area (Å²) in [6.07, 6.45) is 0. The van der Waals surface area contributed by atoms with Gasteiger partial charge in [-0.3, -0.25) is 40.5 Å². The zero-order chi connectivity index (χ0) is 22.7. The van der Waals surface area contributed by atoms with Crippen LogP contribution in [0.3, 0.4) is 0 Å². The maximum atomic E-state index is 11.2. The fourth-order valence-electron chi connectivity index (χ4n) is 2.17. The van der Waals surface area contributed by atoms with Gasteiger partial charge in [-0.15, -0.1) is 0 Å². The van der Waals surface area contributed by atoms with Gasteiger partial charge in [-0.25, -0.2) is 4.98 Å². The molecule has 0 amide bonds. The van der Waals surface area contributed by atoms with Crippen LogP contribution in [0.5, 0.6) is 0 Å². The SMILES string of the molecule is O=[N+]([O-])c1ccc(Sc2nsc(Sc3ccc([N+](=O)[O-])cc3[N+](=O)[O-])n2)c([N+](=O)[O-])c1. The van der Waals surface area contributed by atoms with Crippen molar-refractivity contribution < 1.29 is 19.7 Å². The standard InChI is InChI=1S/C14H6N6O8S3/c21-17(22)7-1-3-11(9(5-7)19(25)26)29-13-15-14(31-16-13)30-12-4-2-8(18(23)24)6-10(12)20(27)28/h1-6H. The topological polar surface area (TPSA) is 198 Å². The molecule has 14 nitrogen and oxygen atoms in total. The van der Waals surface area contributed by atoms with Gasteiger partial charge in [0, 0.05) is 12.1 Å². The summed E-state index contributed by atoms with van der Waals surface area (Å²) in [6.45, 7) is 0. The van der Waals surface area contributed by atoms with Gasteiger partial charge >= 0.3 is 0 Å². The lowest BCUT2D eigenvalue weighted by atomic mass is 10.3. The molecule has 0 fully saturated rings. The summed E-state index contributed by atoms with van der Waals surface area (Å²) in [6, 6.07) is 6.31. The van der Waals surface area contributed by atoms with Gasteiger partial charge in [0.05, 0.1) is 41.6 Å². The first kappa shape index (κ1) is 22.0. The van der Waals surface area contributed by atoms with E-state index >= 15 is 0 Å². The molecule has 3 aromatic rings. The predicted octanol–water partition coefficient (Wildman–Crippen LogP) is 4.47. The Morgan fingerprint density at radius 1 is 0.710 bits per heavy atom. The Hall–Kier alpha value is -3.70. The van der Waals surface area contributed by atoms with Gasteiger partial charge in [-0.1, -0.05) is 11.8 Å². The Balaban J connectivity index is 1.85. The zero-order valence-corrected chi connectivity index (χ0v) is 17.1. The Bertz CT molecular complexity index is 1140. The normalized spacial score (nSPS) is 10.6. The molecule has 31 heavy (non-hydrogen) atoms. The molecule has 0 atom stereocenters. The summed E-state index contributed by atoms with van der Waals surface area (Å²) >= 11 is 2.52. The molecule has 1 heterocycles. The van der Waals surface area contributed by atoms with E-state index < -0.39 is 42.4 Å². The lowest BCUT2D eigenvalue weighted by Gasteiger charge is -2.00. The second kappa shape index (κ2) is 8.98. The molecule has 2 aromatic carbocycles. The van der Waals surface area contributed by atoms with Crippen molar-refractivity contribution in [2.24, 2.45) is 0 Å². The Morgan fingerprint density at radius 3 is 1.65 bits per heavy atom. The minimum Gasteiger partial charge on any atom is -0.258 e. The smallest absolute Gasteiger partial charge is 0.258 e. The van der Waals surface area contributed by atoms with E-state index in [9.17, 15) is 40.5 Å². The summed E-state index contributed by atoms with van der Waals surface area (Å²) in [5.74, 6) is 0. The van der Waals surface area contributed by atoms with E-state index in [0.717, 1.165) is 59.3 Å². The fraction of sp³-hybridized carbons (Fsp3) is 0. The maximum absolute atomic E-state index is 11.2. The maximum Gasteiger partial charge on any atom is 0.290 e. The molecule has 17 heteroatoms. The highest BCUT2D eigenvalue weighted by atomic mass is 32.2. The molecule has 1 aromatic heterocycles. The number of benzene rings is 2. The molecule has 0 aliphatic carbocycles. The first-order valence-electron chi connectivity index (χ1n) is 7.71. The van der Waals surface area contributed by atoms with Crippen molar-refractivity contribution in [3.05, 3.63) is 76.9 Å². The number of nitrogens with zero attached hydrogens (tertiary/aromatic N) is 6. The van der Waals surface area contributed by atoms with Crippen molar-refractivity contribution in [1.82, 2.24) is 9.36 Å². The predicted molar refractivity (Wildman–Crippen MR) is 108 cm³/mol. The molecule has 0 saturated carbocycles. The van der Waals surface area contributed by atoms with Gasteiger partial charge in [0.2, 0.25) is 5.16 Å². The lowest BCUT2D eigenvalue weighted by Crippen LogP contribution is -1.94. The van der Waals surface area contributed by atoms with Gasteiger partial charge in [-0.05, 0) is 35.4 Å². The first-order chi connectivity index (χ1) is 14.7. The van der Waals surface area contributed by atoms with E-state index in [-0.39, 0.29) is 19.3 Å². The Labute approximate surface area is 183 Å². The number of hydrogen-bond acceptors (Lipinski definition) is 13. The Kier molecular flexibility index (Phi) is 6.37. The van der Waals surface area contributed by atoms with Crippen LogP contribution in [0.15, 0.2) is 55.7 Å². The number of nitro benzene ring substituents is 4. The van der Waals surface area contributed by atoms with Crippen LogP contribution in [0.25, 0.3) is 0 Å². The third-order valence-corrected chi connectivity index (χ3v) is 6.35. The van der Waals surface area contributed by atoms with Crippen LogP contribution < -0.4 is 0 Å². The molecule has 0 aliphatic heterocycles. The summed E-state index contributed by atoms with van der Waals surface area (Å²) in [5.41, 5.74) is -1.84. The van der Waals surface area contributed by atoms with E-state index in [1.54, 1.807) is 0 Å². The fourth-order valence-corrected chi connectivity index (χ4v) is 4.80. The van der Waals surface area contributed by atoms with Crippen LogP contribution >= 0.6 is 35.1 Å². The number of aromatic nitrogens is 2. The molecule has 0 spiro atoms. The van der Waals surface area contributed by atoms with Crippen molar-refractivity contribution in [2.45, 2.75) is 19.3 Å². The Morgan fingerprint density at radius 2 is 1.19 bits per heavy atom. The quantitative estimate of drug-likeness (QED) is 0.322. The minimum atomic E-state index is -0.766. The molecule has 3 rings (SSSR count). The third-order valence-electron chi connectivity index (χ3n) is 3.49. The molecular weight excluding hydrogens is 476 g/mol. The van der Waals surface area contributed by atoms with E-state index in [1.807, 2.05) is 0 Å². The van der Waals surface area contributed by atoms with Crippen LogP contribution in [0.1, 0.15) is 0 Å². The van der Waals surface area contributed by atoms with Crippen LogP contribution in [0, 0.1) is 40.5 Å². The van der Waals surface area contributed by atoms with Crippen molar-refractivity contribution in [3.63, 3.8) is 0 Å². The molecule has 0 radical (unpaired) electrons. The summed E-state index contributed by atoms with van der Waals surface area (Å²) in [5, 5.41) is 44.2. The van der Waals surface area contributed by atoms with Crippen LogP contribution in [0.2, 0.25) is 0 Å². The molecule has 0 N–H and O–H groups in total. The summed E-state index contributed by atoms with van der Waals surface area (Å²) in [4.78, 5) is 45.4. The number of hydrogen-bond donors (Lipinski definition) is 0. The minimum absolute atomic E-state index is 0.0752. The molecule has 0 saturated heterocycles. The van der Waals surface area contributed by atoms with Gasteiger partial charge in [0.15, 0.2) is 4.34 Å². The van der Waals surface area contributed by atoms with E-state index in [2.05, 4.69) is 9.36 Å². The molecule has 0 bridgehead atoms. The van der Waals surface area contributed by atoms with Crippen LogP contribution in [-0.2, 0) is 0 Å². The zero-order valence-electron chi connectivity index (χ0n) is 14.6. The van der Waals surface area contributed by atoms with Gasteiger partial charge < -0.3 is 0 Å². The van der Waals surface area contributed by atoms with Crippen molar-refractivity contribution >= 4 is 57.8 Å². The van der Waals surface area contributed by atoms with E-state index in [4.69, 9.17) is 0 Å². The largest absolute Gasteiger partial charge is 0.290 e. The molecule has 158 valence electrons. The second-order valence-corrected chi connectivity index (χ2v) is 8.43. The number of nitro groups is 4. The second-order valence-electron chi connectivity index (χ2n) is 5.38. The summed E-state index contributed by atoms with van der Waals surface area (Å²) < 4.78 is 4.28. The molecular formula is C14H6N6O8S3. The van der Waals surface area contributed by atoms with Gasteiger partial charge in [0.25, 0.3) is 22.7 Å². The highest BCUT2D eigenvalue weighted by Gasteiger charge is 2.23. The van der Waals surface area contributed by atoms with Crippen LogP contribution in [-0.4, -0.2) is 29.1 Å². The first-order valence-corrected chi connectivity index (χ1v) is 10.1. The molecule has 0 aliphatic rings. The highest BCUT2D eigenvalue weighted by molar-refractivity contribution is 8.01. The van der Waals surface area contributed by atoms with E-state index in [0.29, 0.717) is 0 Å². The average molecular weight is 482 g/mol. The molecule has 0 unspecified atom stereocenters. The lowest BCUT2D eigenvalue weighted by molar-refractivity contribution is -0.396. The average Bonchev–Trinajstić information content (AvgIpc) is 3.14. The third kappa shape index (κ3) is 5.08. The summed E-state index contributed by atoms with van der Waals surface area (Å²) in [7, 11) is 0. The van der Waals surface area contributed by atoms with Crippen molar-refractivity contribution in [3.8, 4) is 0 Å². The number of non-ortho nitro benzene ring substituents is 2. The van der Waals surface area contributed by atoms with Crippen LogP contribution in [0.4, 0.5) is 22.7 Å². The van der Waals surface area contributed by atoms with E-state index in [1.165, 1.54) is 12.1 Å². The van der Waals surface area contributed by atoms with Crippen molar-refractivity contribution in [2.75, 3.05) is 0 Å². The monoisotopic (exact) mass is 482 g/mol. The van der Waals surface area contributed by atoms with Gasteiger partial charge in [-0.2, -0.15) is 4.37 Å².